The Kier molecular flexibility index (Phi) is 8.53. The molecule has 0 aromatic heterocycles. The number of carboxylic acid groups (broad SMARTS) is 1. The van der Waals surface area contributed by atoms with Crippen molar-refractivity contribution in [3.8, 4) is 0 Å². The van der Waals surface area contributed by atoms with Crippen molar-refractivity contribution in [2.45, 2.75) is 31.8 Å². The summed E-state index contributed by atoms with van der Waals surface area (Å²) in [4.78, 5) is 78.1. The number of carbonyl (C=O) groups is 6. The molecule has 0 fully saturated rings. The van der Waals surface area contributed by atoms with Crippen molar-refractivity contribution in [1.82, 2.24) is 10.6 Å². The van der Waals surface area contributed by atoms with Crippen LogP contribution in [0.5, 0.6) is 0 Å². The molecule has 0 bridgehead atoms. The molecule has 0 unspecified atom stereocenters. The van der Waals surface area contributed by atoms with Gasteiger partial charge in [-0.05, 0) is 29.0 Å². The van der Waals surface area contributed by atoms with Gasteiger partial charge in [0.2, 0.25) is 11.8 Å². The summed E-state index contributed by atoms with van der Waals surface area (Å²) in [6, 6.07) is 16.5. The summed E-state index contributed by atoms with van der Waals surface area (Å²) in [6.07, 6.45) is -0.190. The largest absolute Gasteiger partial charge is 0.481 e. The second-order valence-electron chi connectivity index (χ2n) is 9.23. The van der Waals surface area contributed by atoms with E-state index in [0.29, 0.717) is 22.9 Å². The maximum Gasteiger partial charge on any atom is 0.305 e. The highest BCUT2D eigenvalue weighted by Crippen LogP contribution is 2.33. The summed E-state index contributed by atoms with van der Waals surface area (Å²) in [5, 5.41) is 15.6. The number of aliphatic carboxylic acids is 1. The molecule has 11 nitrogen and oxygen atoms in total. The summed E-state index contributed by atoms with van der Waals surface area (Å²) in [5.41, 5.74) is 0.968. The van der Waals surface area contributed by atoms with Gasteiger partial charge in [-0.15, -0.1) is 0 Å². The lowest BCUT2D eigenvalue weighted by Gasteiger charge is -2.25. The number of hydrogen-bond donors (Lipinski definition) is 3. The highest BCUT2D eigenvalue weighted by atomic mass is 16.4. The first kappa shape index (κ1) is 28.0. The number of nitrogens with zero attached hydrogens (tertiary/aromatic N) is 2. The molecule has 2 atom stereocenters. The van der Waals surface area contributed by atoms with Gasteiger partial charge < -0.3 is 25.4 Å². The molecule has 0 saturated heterocycles. The van der Waals surface area contributed by atoms with Crippen LogP contribution < -0.4 is 20.4 Å². The first-order valence-electron chi connectivity index (χ1n) is 12.7. The minimum Gasteiger partial charge on any atom is -0.481 e. The number of para-hydroxylation sites is 2. The molecule has 0 radical (unpaired) electrons. The van der Waals surface area contributed by atoms with Gasteiger partial charge in [0.15, 0.2) is 0 Å². The number of amides is 4. The van der Waals surface area contributed by atoms with E-state index in [0.717, 1.165) is 10.3 Å². The third-order valence-electron chi connectivity index (χ3n) is 6.54. The second-order valence-corrected chi connectivity index (χ2v) is 9.23. The fourth-order valence-corrected chi connectivity index (χ4v) is 4.66. The lowest BCUT2D eigenvalue weighted by molar-refractivity contribution is -0.139. The Hall–Kier alpha value is -5.06. The number of fused-ring (bicyclic) bond motifs is 2. The van der Waals surface area contributed by atoms with Gasteiger partial charge in [0.05, 0.1) is 30.4 Å². The van der Waals surface area contributed by atoms with Crippen molar-refractivity contribution in [2.75, 3.05) is 22.9 Å². The van der Waals surface area contributed by atoms with Gasteiger partial charge in [0, 0.05) is 12.0 Å². The highest BCUT2D eigenvalue weighted by Gasteiger charge is 2.37. The van der Waals surface area contributed by atoms with Crippen molar-refractivity contribution < 1.29 is 33.9 Å². The Morgan fingerprint density at radius 1 is 1.00 bits per heavy atom. The molecular weight excluding hydrogens is 516 g/mol. The average Bonchev–Trinajstić information content (AvgIpc) is 3.06. The fraction of sp³-hybridized carbons (Fsp3) is 0.241. The highest BCUT2D eigenvalue weighted by molar-refractivity contribution is 6.13. The average molecular weight is 545 g/mol. The minimum atomic E-state index is -1.29. The van der Waals surface area contributed by atoms with E-state index in [9.17, 15) is 28.8 Å². The molecule has 206 valence electrons. The molecule has 0 aliphatic carbocycles. The Bertz CT molecular complexity index is 1480. The summed E-state index contributed by atoms with van der Waals surface area (Å²) >= 11 is 0. The molecule has 11 heteroatoms. The number of hydrogen-bond acceptors (Lipinski definition) is 6. The Morgan fingerprint density at radius 2 is 1.68 bits per heavy atom. The predicted molar refractivity (Wildman–Crippen MR) is 147 cm³/mol. The van der Waals surface area contributed by atoms with Crippen molar-refractivity contribution in [2.24, 2.45) is 0 Å². The molecule has 0 saturated carbocycles. The monoisotopic (exact) mass is 544 g/mol. The minimum absolute atomic E-state index is 0.128. The van der Waals surface area contributed by atoms with Gasteiger partial charge in [0.25, 0.3) is 11.8 Å². The normalized spacial score (nSPS) is 15.5. The van der Waals surface area contributed by atoms with Gasteiger partial charge in [-0.25, -0.2) is 0 Å². The van der Waals surface area contributed by atoms with Crippen LogP contribution in [-0.2, 0) is 24.0 Å². The SMILES string of the molecule is CCC(=O)N1C[C@H](NC(=O)c2cccc3ccccc23)C(=O)N(CC(=O)N[C@H](C=O)CC(=O)O)c2ccccc21. The van der Waals surface area contributed by atoms with Crippen LogP contribution >= 0.6 is 0 Å². The Morgan fingerprint density at radius 3 is 2.38 bits per heavy atom. The third-order valence-corrected chi connectivity index (χ3v) is 6.54. The zero-order chi connectivity index (χ0) is 28.8. The quantitative estimate of drug-likeness (QED) is 0.348. The molecule has 1 aliphatic rings. The van der Waals surface area contributed by atoms with E-state index in [-0.39, 0.29) is 24.6 Å². The van der Waals surface area contributed by atoms with E-state index < -0.39 is 48.7 Å². The van der Waals surface area contributed by atoms with Gasteiger partial charge in [0.1, 0.15) is 18.9 Å². The van der Waals surface area contributed by atoms with E-state index in [1.54, 1.807) is 55.5 Å². The third kappa shape index (κ3) is 5.98. The van der Waals surface area contributed by atoms with Gasteiger partial charge in [-0.2, -0.15) is 0 Å². The van der Waals surface area contributed by atoms with E-state index >= 15 is 0 Å². The zero-order valence-corrected chi connectivity index (χ0v) is 21.7. The van der Waals surface area contributed by atoms with Crippen LogP contribution in [-0.4, -0.2) is 66.2 Å². The van der Waals surface area contributed by atoms with Crippen molar-refractivity contribution in [3.63, 3.8) is 0 Å². The summed E-state index contributed by atoms with van der Waals surface area (Å²) in [6.45, 7) is 0.927. The summed E-state index contributed by atoms with van der Waals surface area (Å²) in [7, 11) is 0. The van der Waals surface area contributed by atoms with E-state index in [2.05, 4.69) is 10.6 Å². The number of nitrogens with one attached hydrogen (secondary N) is 2. The first-order valence-corrected chi connectivity index (χ1v) is 12.7. The van der Waals surface area contributed by atoms with Crippen molar-refractivity contribution in [3.05, 3.63) is 72.3 Å². The molecule has 3 N–H and O–H groups in total. The molecule has 3 aromatic carbocycles. The maximum absolute atomic E-state index is 13.9. The van der Waals surface area contributed by atoms with Crippen LogP contribution in [0.2, 0.25) is 0 Å². The number of benzene rings is 3. The standard InChI is InChI=1S/C29H28N4O7/c1-2-26(36)32-15-22(31-28(39)21-11-7-9-18-8-3-4-10-20(18)21)29(40)33(24-13-6-5-12-23(24)32)16-25(35)30-19(17-34)14-27(37)38/h3-13,17,19,22H,2,14-16H2,1H3,(H,30,35)(H,31,39)(H,37,38)/t19-,22-/m0/s1. The lowest BCUT2D eigenvalue weighted by atomic mass is 10.0. The van der Waals surface area contributed by atoms with Crippen LogP contribution in [0.3, 0.4) is 0 Å². The molecule has 1 aliphatic heterocycles. The number of aldehydes is 1. The number of carboxylic acids is 1. The molecule has 40 heavy (non-hydrogen) atoms. The zero-order valence-electron chi connectivity index (χ0n) is 21.7. The van der Waals surface area contributed by atoms with Gasteiger partial charge >= 0.3 is 5.97 Å². The van der Waals surface area contributed by atoms with Crippen LogP contribution in [0.15, 0.2) is 66.7 Å². The van der Waals surface area contributed by atoms with E-state index in [1.165, 1.54) is 4.90 Å². The molecular formula is C29H28N4O7. The van der Waals surface area contributed by atoms with E-state index in [1.807, 2.05) is 18.2 Å². The topological polar surface area (TPSA) is 153 Å². The molecule has 0 spiro atoms. The van der Waals surface area contributed by atoms with Gasteiger partial charge in [-0.1, -0.05) is 55.5 Å². The summed E-state index contributed by atoms with van der Waals surface area (Å²) < 4.78 is 0. The van der Waals surface area contributed by atoms with Crippen molar-refractivity contribution >= 4 is 58.0 Å². The lowest BCUT2D eigenvalue weighted by Crippen LogP contribution is -2.54. The number of rotatable bonds is 9. The summed E-state index contributed by atoms with van der Waals surface area (Å²) in [5.74, 6) is -3.53. The Labute approximate surface area is 229 Å². The van der Waals surface area contributed by atoms with Crippen LogP contribution in [0.25, 0.3) is 10.8 Å². The number of carbonyl (C=O) groups excluding carboxylic acids is 5. The second kappa shape index (κ2) is 12.2. The Balaban J connectivity index is 1.69. The molecule has 4 rings (SSSR count). The van der Waals surface area contributed by atoms with Crippen LogP contribution in [0.4, 0.5) is 11.4 Å². The fourth-order valence-electron chi connectivity index (χ4n) is 4.66. The van der Waals surface area contributed by atoms with Crippen LogP contribution in [0, 0.1) is 0 Å². The van der Waals surface area contributed by atoms with Crippen molar-refractivity contribution in [1.29, 1.82) is 0 Å². The predicted octanol–water partition coefficient (Wildman–Crippen LogP) is 1.89. The molecule has 1 heterocycles. The van der Waals surface area contributed by atoms with Crippen LogP contribution in [0.1, 0.15) is 30.1 Å². The maximum atomic E-state index is 13.9. The van der Waals surface area contributed by atoms with Gasteiger partial charge in [-0.3, -0.25) is 28.9 Å². The smallest absolute Gasteiger partial charge is 0.305 e. The molecule has 3 aromatic rings. The molecule has 4 amide bonds. The first-order chi connectivity index (χ1) is 19.2. The van der Waals surface area contributed by atoms with E-state index in [4.69, 9.17) is 5.11 Å². The number of anilines is 2.